The van der Waals surface area contributed by atoms with E-state index in [2.05, 4.69) is 5.32 Å². The van der Waals surface area contributed by atoms with Gasteiger partial charge in [-0.25, -0.2) is 8.42 Å². The van der Waals surface area contributed by atoms with Crippen LogP contribution in [0.3, 0.4) is 0 Å². The van der Waals surface area contributed by atoms with Crippen molar-refractivity contribution in [3.63, 3.8) is 0 Å². The number of nitrogens with zero attached hydrogens (tertiary/aromatic N) is 2. The van der Waals surface area contributed by atoms with E-state index in [0.717, 1.165) is 5.56 Å². The van der Waals surface area contributed by atoms with Crippen LogP contribution in [0.4, 0.5) is 0 Å². The van der Waals surface area contributed by atoms with Gasteiger partial charge in [0.25, 0.3) is 0 Å². The summed E-state index contributed by atoms with van der Waals surface area (Å²) >= 11 is 0. The molecule has 1 fully saturated rings. The number of carbonyl (C=O) groups is 2. The number of sulfone groups is 1. The second-order valence-electron chi connectivity index (χ2n) is 6.38. The average molecular weight is 367 g/mol. The van der Waals surface area contributed by atoms with Gasteiger partial charge in [-0.1, -0.05) is 17.7 Å². The van der Waals surface area contributed by atoms with E-state index in [1.807, 2.05) is 18.9 Å². The predicted octanol–water partition coefficient (Wildman–Crippen LogP) is 0.0474. The van der Waals surface area contributed by atoms with Crippen molar-refractivity contribution in [2.24, 2.45) is 0 Å². The molecule has 0 bridgehead atoms. The number of benzene rings is 1. The Kier molecular flexibility index (Phi) is 6.18. The normalized spacial score (nSPS) is 18.8. The number of hydrogen-bond donors (Lipinski definition) is 1. The maximum Gasteiger partial charge on any atom is 0.239 e. The van der Waals surface area contributed by atoms with Gasteiger partial charge in [0.05, 0.1) is 10.6 Å². The van der Waals surface area contributed by atoms with Crippen molar-refractivity contribution in [2.75, 3.05) is 39.0 Å². The molecule has 2 amide bonds. The zero-order valence-corrected chi connectivity index (χ0v) is 15.7. The molecule has 7 nitrogen and oxygen atoms in total. The van der Waals surface area contributed by atoms with E-state index in [-0.39, 0.29) is 29.0 Å². The van der Waals surface area contributed by atoms with Gasteiger partial charge in [0, 0.05) is 33.1 Å². The van der Waals surface area contributed by atoms with Gasteiger partial charge in [-0.15, -0.1) is 0 Å². The van der Waals surface area contributed by atoms with Crippen LogP contribution in [0.25, 0.3) is 0 Å². The van der Waals surface area contributed by atoms with E-state index < -0.39 is 15.9 Å². The molecule has 0 saturated carbocycles. The molecule has 1 atom stereocenters. The number of carbonyl (C=O) groups excluding carboxylic acids is 2. The molecule has 1 saturated heterocycles. The lowest BCUT2D eigenvalue weighted by atomic mass is 10.1. The van der Waals surface area contributed by atoms with Crippen molar-refractivity contribution in [1.29, 1.82) is 0 Å². The lowest BCUT2D eigenvalue weighted by Crippen LogP contribution is -2.58. The number of amides is 2. The van der Waals surface area contributed by atoms with Gasteiger partial charge >= 0.3 is 0 Å². The molecule has 1 aliphatic heterocycles. The molecule has 1 aromatic rings. The zero-order chi connectivity index (χ0) is 18.6. The minimum atomic E-state index is -3.43. The first-order chi connectivity index (χ1) is 11.7. The quantitative estimate of drug-likeness (QED) is 0.795. The van der Waals surface area contributed by atoms with Crippen molar-refractivity contribution >= 4 is 21.7 Å². The Labute approximate surface area is 148 Å². The van der Waals surface area contributed by atoms with Crippen molar-refractivity contribution < 1.29 is 18.0 Å². The number of rotatable bonds is 5. The molecule has 1 unspecified atom stereocenters. The van der Waals surface area contributed by atoms with Gasteiger partial charge in [0.2, 0.25) is 11.8 Å². The van der Waals surface area contributed by atoms with Crippen LogP contribution in [-0.4, -0.2) is 75.1 Å². The lowest BCUT2D eigenvalue weighted by molar-refractivity contribution is -0.135. The number of likely N-dealkylation sites (N-methyl/N-ethyl adjacent to an activating group) is 1. The van der Waals surface area contributed by atoms with E-state index in [9.17, 15) is 18.0 Å². The van der Waals surface area contributed by atoms with Gasteiger partial charge in [-0.05, 0) is 26.1 Å². The number of hydrogen-bond acceptors (Lipinski definition) is 5. The first-order valence-corrected chi connectivity index (χ1v) is 9.89. The Morgan fingerprint density at radius 2 is 1.84 bits per heavy atom. The molecule has 8 heteroatoms. The Hall–Kier alpha value is -1.93. The first-order valence-electron chi connectivity index (χ1n) is 8.23. The second kappa shape index (κ2) is 7.97. The lowest BCUT2D eigenvalue weighted by Gasteiger charge is -2.38. The van der Waals surface area contributed by atoms with Crippen LogP contribution in [0, 0.1) is 6.92 Å². The van der Waals surface area contributed by atoms with Crippen LogP contribution in [0.2, 0.25) is 0 Å². The van der Waals surface area contributed by atoms with E-state index in [0.29, 0.717) is 19.6 Å². The monoisotopic (exact) mass is 367 g/mol. The first kappa shape index (κ1) is 19.4. The second-order valence-corrected chi connectivity index (χ2v) is 8.49. The van der Waals surface area contributed by atoms with Gasteiger partial charge in [0.15, 0.2) is 9.84 Å². The van der Waals surface area contributed by atoms with Crippen LogP contribution in [0.15, 0.2) is 29.2 Å². The molecule has 0 aromatic heterocycles. The molecule has 0 spiro atoms. The third kappa shape index (κ3) is 5.02. The Balaban J connectivity index is 1.91. The summed E-state index contributed by atoms with van der Waals surface area (Å²) in [4.78, 5) is 27.6. The molecule has 1 aromatic carbocycles. The molecular weight excluding hydrogens is 342 g/mol. The number of piperazine rings is 1. The number of nitrogens with one attached hydrogen (secondary N) is 1. The summed E-state index contributed by atoms with van der Waals surface area (Å²) in [6.07, 6.45) is 0. The molecule has 0 aliphatic carbocycles. The van der Waals surface area contributed by atoms with Gasteiger partial charge < -0.3 is 10.2 Å². The maximum atomic E-state index is 12.4. The largest absolute Gasteiger partial charge is 0.354 e. The third-order valence-corrected chi connectivity index (χ3v) is 6.18. The fraction of sp³-hybridized carbons (Fsp3) is 0.529. The Bertz CT molecular complexity index is 731. The van der Waals surface area contributed by atoms with E-state index in [1.165, 1.54) is 6.92 Å². The van der Waals surface area contributed by atoms with E-state index >= 15 is 0 Å². The highest BCUT2D eigenvalue weighted by atomic mass is 32.2. The van der Waals surface area contributed by atoms with Crippen LogP contribution < -0.4 is 5.32 Å². The standard InChI is InChI=1S/C17H25N3O4S/c1-13-4-6-15(7-5-13)25(23,24)11-8-18-17(22)16-12-20(14(2)21)10-9-19(16)3/h4-7,16H,8-12H2,1-3H3,(H,18,22). The Morgan fingerprint density at radius 1 is 1.20 bits per heavy atom. The van der Waals surface area contributed by atoms with E-state index in [4.69, 9.17) is 0 Å². The molecule has 1 N–H and O–H groups in total. The SMILES string of the molecule is CC(=O)N1CCN(C)C(C(=O)NCCS(=O)(=O)c2ccc(C)cc2)C1. The van der Waals surface area contributed by atoms with Crippen molar-refractivity contribution in [1.82, 2.24) is 15.1 Å². The van der Waals surface area contributed by atoms with Gasteiger partial charge in [0.1, 0.15) is 6.04 Å². The van der Waals surface area contributed by atoms with Crippen molar-refractivity contribution in [3.05, 3.63) is 29.8 Å². The highest BCUT2D eigenvalue weighted by Gasteiger charge is 2.31. The van der Waals surface area contributed by atoms with Crippen LogP contribution in [0.5, 0.6) is 0 Å². The highest BCUT2D eigenvalue weighted by molar-refractivity contribution is 7.91. The summed E-state index contributed by atoms with van der Waals surface area (Å²) in [5.74, 6) is -0.477. The van der Waals surface area contributed by atoms with Crippen LogP contribution >= 0.6 is 0 Å². The topological polar surface area (TPSA) is 86.8 Å². The van der Waals surface area contributed by atoms with Gasteiger partial charge in [-0.3, -0.25) is 14.5 Å². The fourth-order valence-electron chi connectivity index (χ4n) is 2.73. The van der Waals surface area contributed by atoms with Crippen LogP contribution in [0.1, 0.15) is 12.5 Å². The molecular formula is C17H25N3O4S. The molecule has 1 heterocycles. The van der Waals surface area contributed by atoms with Crippen molar-refractivity contribution in [3.8, 4) is 0 Å². The summed E-state index contributed by atoms with van der Waals surface area (Å²) in [6, 6.07) is 6.19. The smallest absolute Gasteiger partial charge is 0.239 e. The predicted molar refractivity (Wildman–Crippen MR) is 94.9 cm³/mol. The molecule has 2 rings (SSSR count). The number of aryl methyl sites for hydroxylation is 1. The zero-order valence-electron chi connectivity index (χ0n) is 14.9. The summed E-state index contributed by atoms with van der Waals surface area (Å²) in [5, 5.41) is 2.68. The maximum absolute atomic E-state index is 12.4. The van der Waals surface area contributed by atoms with Crippen LogP contribution in [-0.2, 0) is 19.4 Å². The Morgan fingerprint density at radius 3 is 2.44 bits per heavy atom. The summed E-state index contributed by atoms with van der Waals surface area (Å²) < 4.78 is 24.6. The molecule has 1 aliphatic rings. The molecule has 138 valence electrons. The highest BCUT2D eigenvalue weighted by Crippen LogP contribution is 2.12. The third-order valence-electron chi connectivity index (χ3n) is 4.45. The summed E-state index contributed by atoms with van der Waals surface area (Å²) in [6.45, 7) is 4.94. The minimum Gasteiger partial charge on any atom is -0.354 e. The van der Waals surface area contributed by atoms with Crippen molar-refractivity contribution in [2.45, 2.75) is 24.8 Å². The minimum absolute atomic E-state index is 0.0411. The molecule has 25 heavy (non-hydrogen) atoms. The van der Waals surface area contributed by atoms with E-state index in [1.54, 1.807) is 29.2 Å². The summed E-state index contributed by atoms with van der Waals surface area (Å²) in [7, 11) is -1.61. The molecule has 0 radical (unpaired) electrons. The fourth-order valence-corrected chi connectivity index (χ4v) is 3.89. The van der Waals surface area contributed by atoms with Gasteiger partial charge in [-0.2, -0.15) is 0 Å². The average Bonchev–Trinajstić information content (AvgIpc) is 2.55. The summed E-state index contributed by atoms with van der Waals surface area (Å²) in [5.41, 5.74) is 0.989.